The van der Waals surface area contributed by atoms with Crippen LogP contribution in [-0.2, 0) is 7.05 Å². The molecular weight excluding hydrogens is 210 g/mol. The molecule has 3 heteroatoms. The first-order chi connectivity index (χ1) is 8.13. The summed E-state index contributed by atoms with van der Waals surface area (Å²) in [6.45, 7) is 7.52. The fraction of sp³-hybridized carbons (Fsp3) is 0.786. The Hall–Kier alpha value is -0.830. The molecule has 2 rings (SSSR count). The van der Waals surface area contributed by atoms with Gasteiger partial charge in [-0.2, -0.15) is 5.10 Å². The van der Waals surface area contributed by atoms with E-state index in [1.54, 1.807) is 0 Å². The summed E-state index contributed by atoms with van der Waals surface area (Å²) in [7, 11) is 2.04. The van der Waals surface area contributed by atoms with Gasteiger partial charge >= 0.3 is 0 Å². The molecule has 3 nitrogen and oxygen atoms in total. The summed E-state index contributed by atoms with van der Waals surface area (Å²) >= 11 is 0. The summed E-state index contributed by atoms with van der Waals surface area (Å²) in [4.78, 5) is 0. The summed E-state index contributed by atoms with van der Waals surface area (Å²) < 4.78 is 2.01. The number of hydrogen-bond donors (Lipinski definition) is 1. The minimum absolute atomic E-state index is 0.495. The van der Waals surface area contributed by atoms with Crippen LogP contribution < -0.4 is 5.32 Å². The Morgan fingerprint density at radius 3 is 2.59 bits per heavy atom. The van der Waals surface area contributed by atoms with Crippen LogP contribution in [0, 0.1) is 19.8 Å². The van der Waals surface area contributed by atoms with Crippen molar-refractivity contribution in [3.8, 4) is 0 Å². The molecule has 0 saturated heterocycles. The maximum Gasteiger partial charge on any atom is 0.0644 e. The normalized spacial score (nSPS) is 17.4. The van der Waals surface area contributed by atoms with Crippen LogP contribution in [0.2, 0.25) is 0 Å². The van der Waals surface area contributed by atoms with Crippen molar-refractivity contribution in [3.63, 3.8) is 0 Å². The van der Waals surface area contributed by atoms with Gasteiger partial charge < -0.3 is 5.32 Å². The van der Waals surface area contributed by atoms with Crippen molar-refractivity contribution in [3.05, 3.63) is 17.0 Å². The third kappa shape index (κ3) is 2.89. The van der Waals surface area contributed by atoms with Crippen molar-refractivity contribution in [1.29, 1.82) is 0 Å². The van der Waals surface area contributed by atoms with Gasteiger partial charge in [0.1, 0.15) is 0 Å². The SMILES string of the molecule is CCNC(CCC1CC1)c1c(C)nn(C)c1C. The van der Waals surface area contributed by atoms with Crippen LogP contribution in [0.25, 0.3) is 0 Å². The van der Waals surface area contributed by atoms with E-state index in [9.17, 15) is 0 Å². The van der Waals surface area contributed by atoms with E-state index >= 15 is 0 Å². The third-order valence-electron chi connectivity index (χ3n) is 3.92. The molecule has 0 aromatic carbocycles. The topological polar surface area (TPSA) is 29.9 Å². The minimum Gasteiger partial charge on any atom is -0.310 e. The molecule has 1 saturated carbocycles. The van der Waals surface area contributed by atoms with Crippen molar-refractivity contribution in [2.45, 2.75) is 52.5 Å². The molecule has 0 aliphatic heterocycles. The molecule has 96 valence electrons. The third-order valence-corrected chi connectivity index (χ3v) is 3.92. The average Bonchev–Trinajstić information content (AvgIpc) is 3.05. The van der Waals surface area contributed by atoms with Crippen LogP contribution in [0.15, 0.2) is 0 Å². The van der Waals surface area contributed by atoms with Crippen molar-refractivity contribution >= 4 is 0 Å². The Morgan fingerprint density at radius 2 is 2.12 bits per heavy atom. The zero-order valence-electron chi connectivity index (χ0n) is 11.6. The molecule has 1 aliphatic carbocycles. The minimum atomic E-state index is 0.495. The van der Waals surface area contributed by atoms with Crippen molar-refractivity contribution in [2.75, 3.05) is 6.54 Å². The van der Waals surface area contributed by atoms with Gasteiger partial charge in [0.05, 0.1) is 5.69 Å². The molecule has 1 aliphatic rings. The highest BCUT2D eigenvalue weighted by atomic mass is 15.3. The predicted octanol–water partition coefficient (Wildman–Crippen LogP) is 2.88. The fourth-order valence-electron chi connectivity index (χ4n) is 2.70. The van der Waals surface area contributed by atoms with Crippen LogP contribution >= 0.6 is 0 Å². The lowest BCUT2D eigenvalue weighted by molar-refractivity contribution is 0.478. The first-order valence-corrected chi connectivity index (χ1v) is 6.87. The smallest absolute Gasteiger partial charge is 0.0644 e. The zero-order valence-corrected chi connectivity index (χ0v) is 11.6. The van der Waals surface area contributed by atoms with Gasteiger partial charge in [0.2, 0.25) is 0 Å². The maximum absolute atomic E-state index is 4.53. The second kappa shape index (κ2) is 5.21. The Bertz CT molecular complexity index is 377. The second-order valence-corrected chi connectivity index (χ2v) is 5.34. The molecular formula is C14H25N3. The van der Waals surface area contributed by atoms with Gasteiger partial charge in [-0.3, -0.25) is 4.68 Å². The van der Waals surface area contributed by atoms with Gasteiger partial charge in [0.25, 0.3) is 0 Å². The fourth-order valence-corrected chi connectivity index (χ4v) is 2.70. The number of aryl methyl sites for hydroxylation is 2. The summed E-state index contributed by atoms with van der Waals surface area (Å²) in [6, 6.07) is 0.495. The van der Waals surface area contributed by atoms with E-state index in [1.165, 1.54) is 42.6 Å². The average molecular weight is 235 g/mol. The molecule has 0 amide bonds. The van der Waals surface area contributed by atoms with Crippen molar-refractivity contribution in [2.24, 2.45) is 13.0 Å². The number of rotatable bonds is 6. The first kappa shape index (κ1) is 12.6. The predicted molar refractivity (Wildman–Crippen MR) is 71.1 cm³/mol. The van der Waals surface area contributed by atoms with E-state index in [-0.39, 0.29) is 0 Å². The van der Waals surface area contributed by atoms with Crippen LogP contribution in [0.3, 0.4) is 0 Å². The Labute approximate surface area is 105 Å². The van der Waals surface area contributed by atoms with E-state index in [1.807, 2.05) is 11.7 Å². The monoisotopic (exact) mass is 235 g/mol. The molecule has 0 bridgehead atoms. The van der Waals surface area contributed by atoms with Crippen LogP contribution in [-0.4, -0.2) is 16.3 Å². The highest BCUT2D eigenvalue weighted by molar-refractivity contribution is 5.28. The standard InChI is InChI=1S/C14H25N3/c1-5-15-13(9-8-12-6-7-12)14-10(2)16-17(4)11(14)3/h12-13,15H,5-9H2,1-4H3. The molecule has 1 aromatic heterocycles. The molecule has 1 heterocycles. The molecule has 0 spiro atoms. The lowest BCUT2D eigenvalue weighted by Gasteiger charge is -2.18. The number of aromatic nitrogens is 2. The van der Waals surface area contributed by atoms with E-state index in [0.717, 1.165) is 12.5 Å². The van der Waals surface area contributed by atoms with E-state index in [0.29, 0.717) is 6.04 Å². The number of nitrogens with zero attached hydrogens (tertiary/aromatic N) is 2. The zero-order chi connectivity index (χ0) is 12.4. The van der Waals surface area contributed by atoms with E-state index in [2.05, 4.69) is 31.2 Å². The Kier molecular flexibility index (Phi) is 3.87. The summed E-state index contributed by atoms with van der Waals surface area (Å²) in [5.41, 5.74) is 3.92. The maximum atomic E-state index is 4.53. The van der Waals surface area contributed by atoms with Gasteiger partial charge in [-0.25, -0.2) is 0 Å². The summed E-state index contributed by atoms with van der Waals surface area (Å²) in [5, 5.41) is 8.16. The largest absolute Gasteiger partial charge is 0.310 e. The van der Waals surface area contributed by atoms with Crippen LogP contribution in [0.5, 0.6) is 0 Å². The molecule has 1 fully saturated rings. The van der Waals surface area contributed by atoms with Gasteiger partial charge in [-0.05, 0) is 39.2 Å². The highest BCUT2D eigenvalue weighted by Gasteiger charge is 2.25. The Morgan fingerprint density at radius 1 is 1.41 bits per heavy atom. The molecule has 1 N–H and O–H groups in total. The summed E-state index contributed by atoms with van der Waals surface area (Å²) in [5.74, 6) is 1.01. The molecule has 1 atom stereocenters. The second-order valence-electron chi connectivity index (χ2n) is 5.34. The van der Waals surface area contributed by atoms with Gasteiger partial charge in [-0.1, -0.05) is 19.8 Å². The molecule has 1 aromatic rings. The first-order valence-electron chi connectivity index (χ1n) is 6.87. The lowest BCUT2D eigenvalue weighted by Crippen LogP contribution is -2.22. The van der Waals surface area contributed by atoms with Gasteiger partial charge in [-0.15, -0.1) is 0 Å². The lowest BCUT2D eigenvalue weighted by atomic mass is 9.98. The van der Waals surface area contributed by atoms with E-state index < -0.39 is 0 Å². The highest BCUT2D eigenvalue weighted by Crippen LogP contribution is 2.36. The van der Waals surface area contributed by atoms with Crippen molar-refractivity contribution in [1.82, 2.24) is 15.1 Å². The van der Waals surface area contributed by atoms with Gasteiger partial charge in [0, 0.05) is 24.3 Å². The molecule has 0 radical (unpaired) electrons. The number of hydrogen-bond acceptors (Lipinski definition) is 2. The quantitative estimate of drug-likeness (QED) is 0.821. The van der Waals surface area contributed by atoms with Crippen molar-refractivity contribution < 1.29 is 0 Å². The van der Waals surface area contributed by atoms with Crippen LogP contribution in [0.4, 0.5) is 0 Å². The Balaban J connectivity index is 2.11. The summed E-state index contributed by atoms with van der Waals surface area (Å²) in [6.07, 6.45) is 5.52. The van der Waals surface area contributed by atoms with Gasteiger partial charge in [0.15, 0.2) is 0 Å². The van der Waals surface area contributed by atoms with E-state index in [4.69, 9.17) is 0 Å². The molecule has 1 unspecified atom stereocenters. The molecule has 17 heavy (non-hydrogen) atoms. The van der Waals surface area contributed by atoms with Crippen LogP contribution in [0.1, 0.15) is 55.6 Å². The number of nitrogens with one attached hydrogen (secondary N) is 1.